The van der Waals surface area contributed by atoms with Crippen molar-refractivity contribution in [3.8, 4) is 0 Å². The average molecular weight is 265 g/mol. The van der Waals surface area contributed by atoms with Crippen LogP contribution >= 0.6 is 0 Å². The summed E-state index contributed by atoms with van der Waals surface area (Å²) in [4.78, 5) is 15.0. The summed E-state index contributed by atoms with van der Waals surface area (Å²) in [6.07, 6.45) is 0. The van der Waals surface area contributed by atoms with Gasteiger partial charge in [-0.3, -0.25) is 4.79 Å². The van der Waals surface area contributed by atoms with E-state index in [0.29, 0.717) is 5.92 Å². The van der Waals surface area contributed by atoms with Crippen molar-refractivity contribution in [2.45, 2.75) is 5.92 Å². The van der Waals surface area contributed by atoms with Gasteiger partial charge in [0.1, 0.15) is 0 Å². The first-order valence-corrected chi connectivity index (χ1v) is 7.08. The number of rotatable bonds is 3. The number of ketones is 1. The summed E-state index contributed by atoms with van der Waals surface area (Å²) >= 11 is 0. The topological polar surface area (TPSA) is 20.3 Å². The number of Topliss-reactive ketones (excluding diaryl/α,β-unsaturated/α-hetero) is 1. The van der Waals surface area contributed by atoms with E-state index in [4.69, 9.17) is 0 Å². The van der Waals surface area contributed by atoms with Gasteiger partial charge in [0.05, 0.1) is 0 Å². The third kappa shape index (κ3) is 2.52. The van der Waals surface area contributed by atoms with E-state index in [1.165, 1.54) is 5.56 Å². The molecule has 2 heteroatoms. The summed E-state index contributed by atoms with van der Waals surface area (Å²) < 4.78 is 0. The highest BCUT2D eigenvalue weighted by Gasteiger charge is 2.36. The molecule has 2 atom stereocenters. The fraction of sp³-hybridized carbons (Fsp3) is 0.278. The Kier molecular flexibility index (Phi) is 3.66. The van der Waals surface area contributed by atoms with Crippen LogP contribution in [0.4, 0.5) is 0 Å². The quantitative estimate of drug-likeness (QED) is 0.794. The molecule has 0 amide bonds. The van der Waals surface area contributed by atoms with Gasteiger partial charge in [-0.05, 0) is 12.6 Å². The van der Waals surface area contributed by atoms with Crippen LogP contribution in [0.15, 0.2) is 60.7 Å². The van der Waals surface area contributed by atoms with Crippen molar-refractivity contribution in [2.24, 2.45) is 5.92 Å². The van der Waals surface area contributed by atoms with Crippen molar-refractivity contribution in [1.82, 2.24) is 4.90 Å². The lowest BCUT2D eigenvalue weighted by atomic mass is 9.84. The van der Waals surface area contributed by atoms with Gasteiger partial charge in [-0.25, -0.2) is 0 Å². The van der Waals surface area contributed by atoms with Crippen molar-refractivity contribution in [1.29, 1.82) is 0 Å². The van der Waals surface area contributed by atoms with Crippen molar-refractivity contribution in [3.05, 3.63) is 71.8 Å². The molecule has 1 saturated heterocycles. The molecule has 0 N–H and O–H groups in total. The number of carbonyl (C=O) groups is 1. The normalized spacial score (nSPS) is 22.9. The molecule has 1 fully saturated rings. The second-order valence-corrected chi connectivity index (χ2v) is 5.58. The molecule has 1 aliphatic heterocycles. The SMILES string of the molecule is CN1CC(c2ccccc2)[C@H](C(=O)c2ccccc2)C1. The lowest BCUT2D eigenvalue weighted by molar-refractivity contribution is 0.0915. The Balaban J connectivity index is 1.89. The Hall–Kier alpha value is -1.93. The summed E-state index contributed by atoms with van der Waals surface area (Å²) in [5, 5.41) is 0. The molecule has 2 aromatic rings. The predicted molar refractivity (Wildman–Crippen MR) is 80.9 cm³/mol. The van der Waals surface area contributed by atoms with E-state index in [0.717, 1.165) is 18.7 Å². The van der Waals surface area contributed by atoms with Crippen molar-refractivity contribution < 1.29 is 4.79 Å². The van der Waals surface area contributed by atoms with Crippen LogP contribution in [-0.2, 0) is 0 Å². The van der Waals surface area contributed by atoms with E-state index < -0.39 is 0 Å². The maximum Gasteiger partial charge on any atom is 0.167 e. The van der Waals surface area contributed by atoms with E-state index in [1.54, 1.807) is 0 Å². The van der Waals surface area contributed by atoms with E-state index in [1.807, 2.05) is 36.4 Å². The molecular weight excluding hydrogens is 246 g/mol. The monoisotopic (exact) mass is 265 g/mol. The van der Waals surface area contributed by atoms with Gasteiger partial charge in [0.2, 0.25) is 0 Å². The van der Waals surface area contributed by atoms with Crippen LogP contribution in [0, 0.1) is 5.92 Å². The lowest BCUT2D eigenvalue weighted by Crippen LogP contribution is -2.22. The molecule has 1 heterocycles. The van der Waals surface area contributed by atoms with Gasteiger partial charge in [0.15, 0.2) is 5.78 Å². The molecule has 2 nitrogen and oxygen atoms in total. The minimum atomic E-state index is 0.0600. The maximum atomic E-state index is 12.7. The number of hydrogen-bond acceptors (Lipinski definition) is 2. The fourth-order valence-corrected chi connectivity index (χ4v) is 3.12. The van der Waals surface area contributed by atoms with Crippen LogP contribution in [-0.4, -0.2) is 30.8 Å². The van der Waals surface area contributed by atoms with Gasteiger partial charge in [0, 0.05) is 30.5 Å². The first-order chi connectivity index (χ1) is 9.75. The van der Waals surface area contributed by atoms with Gasteiger partial charge < -0.3 is 4.90 Å². The number of likely N-dealkylation sites (tertiary alicyclic amines) is 1. The number of benzene rings is 2. The first-order valence-electron chi connectivity index (χ1n) is 7.08. The maximum absolute atomic E-state index is 12.7. The van der Waals surface area contributed by atoms with E-state index >= 15 is 0 Å². The smallest absolute Gasteiger partial charge is 0.167 e. The molecule has 20 heavy (non-hydrogen) atoms. The van der Waals surface area contributed by atoms with Crippen LogP contribution in [0.3, 0.4) is 0 Å². The largest absolute Gasteiger partial charge is 0.305 e. The Morgan fingerprint density at radius 2 is 1.55 bits per heavy atom. The second kappa shape index (κ2) is 5.59. The highest BCUT2D eigenvalue weighted by atomic mass is 16.1. The Bertz CT molecular complexity index is 579. The van der Waals surface area contributed by atoms with E-state index in [9.17, 15) is 4.79 Å². The number of nitrogens with zero attached hydrogens (tertiary/aromatic N) is 1. The minimum Gasteiger partial charge on any atom is -0.305 e. The molecule has 0 aliphatic carbocycles. The molecule has 0 bridgehead atoms. The summed E-state index contributed by atoms with van der Waals surface area (Å²) in [7, 11) is 2.09. The Morgan fingerprint density at radius 3 is 2.20 bits per heavy atom. The van der Waals surface area contributed by atoms with Crippen molar-refractivity contribution in [2.75, 3.05) is 20.1 Å². The highest BCUT2D eigenvalue weighted by Crippen LogP contribution is 2.34. The molecule has 0 radical (unpaired) electrons. The third-order valence-electron chi connectivity index (χ3n) is 4.13. The van der Waals surface area contributed by atoms with Crippen molar-refractivity contribution >= 4 is 5.78 Å². The Morgan fingerprint density at radius 1 is 0.950 bits per heavy atom. The lowest BCUT2D eigenvalue weighted by Gasteiger charge is -2.17. The number of carbonyl (C=O) groups excluding carboxylic acids is 1. The van der Waals surface area contributed by atoms with Gasteiger partial charge in [-0.2, -0.15) is 0 Å². The number of hydrogen-bond donors (Lipinski definition) is 0. The van der Waals surface area contributed by atoms with Crippen LogP contribution in [0.5, 0.6) is 0 Å². The standard InChI is InChI=1S/C18H19NO/c1-19-12-16(14-8-4-2-5-9-14)17(13-19)18(20)15-10-6-3-7-11-15/h2-11,16-17H,12-13H2,1H3/t16?,17-/m1/s1. The molecule has 1 unspecified atom stereocenters. The molecule has 0 saturated carbocycles. The van der Waals surface area contributed by atoms with Gasteiger partial charge in [-0.15, -0.1) is 0 Å². The average Bonchev–Trinajstić information content (AvgIpc) is 2.90. The molecule has 0 spiro atoms. The van der Waals surface area contributed by atoms with Crippen LogP contribution < -0.4 is 0 Å². The first kappa shape index (κ1) is 13.1. The zero-order valence-corrected chi connectivity index (χ0v) is 11.7. The fourth-order valence-electron chi connectivity index (χ4n) is 3.12. The van der Waals surface area contributed by atoms with Gasteiger partial charge in [-0.1, -0.05) is 60.7 Å². The minimum absolute atomic E-state index is 0.0600. The van der Waals surface area contributed by atoms with E-state index in [2.05, 4.69) is 36.2 Å². The van der Waals surface area contributed by atoms with Gasteiger partial charge >= 0.3 is 0 Å². The summed E-state index contributed by atoms with van der Waals surface area (Å²) in [6, 6.07) is 20.1. The van der Waals surface area contributed by atoms with Crippen LogP contribution in [0.25, 0.3) is 0 Å². The van der Waals surface area contributed by atoms with Crippen molar-refractivity contribution in [3.63, 3.8) is 0 Å². The highest BCUT2D eigenvalue weighted by molar-refractivity contribution is 5.98. The molecular formula is C18H19NO. The molecule has 3 rings (SSSR count). The predicted octanol–water partition coefficient (Wildman–Crippen LogP) is 3.21. The molecule has 102 valence electrons. The summed E-state index contributed by atoms with van der Waals surface area (Å²) in [5.74, 6) is 0.627. The Labute approximate surface area is 120 Å². The van der Waals surface area contributed by atoms with E-state index in [-0.39, 0.29) is 11.7 Å². The second-order valence-electron chi connectivity index (χ2n) is 5.58. The van der Waals surface area contributed by atoms with Gasteiger partial charge in [0.25, 0.3) is 0 Å². The van der Waals surface area contributed by atoms with Crippen LogP contribution in [0.1, 0.15) is 21.8 Å². The zero-order valence-electron chi connectivity index (χ0n) is 11.7. The summed E-state index contributed by atoms with van der Waals surface area (Å²) in [6.45, 7) is 1.79. The number of likely N-dealkylation sites (N-methyl/N-ethyl adjacent to an activating group) is 1. The molecule has 1 aliphatic rings. The zero-order chi connectivity index (χ0) is 13.9. The van der Waals surface area contributed by atoms with Crippen LogP contribution in [0.2, 0.25) is 0 Å². The summed E-state index contributed by atoms with van der Waals surface area (Å²) in [5.41, 5.74) is 2.10. The molecule has 0 aromatic heterocycles. The third-order valence-corrected chi connectivity index (χ3v) is 4.13. The molecule has 2 aromatic carbocycles.